The lowest BCUT2D eigenvalue weighted by molar-refractivity contribution is 0.0519. The minimum absolute atomic E-state index is 0.253. The largest absolute Gasteiger partial charge is 0.461 e. The van der Waals surface area contributed by atoms with Crippen molar-refractivity contribution in [2.24, 2.45) is 7.05 Å². The van der Waals surface area contributed by atoms with E-state index in [4.69, 9.17) is 4.74 Å². The van der Waals surface area contributed by atoms with Crippen molar-refractivity contribution in [3.05, 3.63) is 65.7 Å². The fraction of sp³-hybridized carbons (Fsp3) is 0.238. The summed E-state index contributed by atoms with van der Waals surface area (Å²) in [5, 5.41) is 7.84. The molecule has 0 aliphatic rings. The number of hydrogen-bond donors (Lipinski definition) is 1. The van der Waals surface area contributed by atoms with Crippen molar-refractivity contribution >= 4 is 17.4 Å². The number of imidazole rings is 1. The third-order valence-corrected chi connectivity index (χ3v) is 4.51. The number of carbonyl (C=O) groups is 1. The number of benzene rings is 1. The van der Waals surface area contributed by atoms with Crippen molar-refractivity contribution in [3.63, 3.8) is 0 Å². The molecular formula is C21H22N6O2. The lowest BCUT2D eigenvalue weighted by Gasteiger charge is -2.11. The van der Waals surface area contributed by atoms with Gasteiger partial charge in [-0.2, -0.15) is 9.61 Å². The first-order valence-electron chi connectivity index (χ1n) is 9.40. The van der Waals surface area contributed by atoms with E-state index in [9.17, 15) is 4.79 Å². The number of ether oxygens (including phenoxy) is 1. The Bertz CT molecular complexity index is 1180. The smallest absolute Gasteiger partial charge is 0.357 e. The summed E-state index contributed by atoms with van der Waals surface area (Å²) in [6.07, 6.45) is 3.70. The van der Waals surface area contributed by atoms with E-state index in [0.29, 0.717) is 24.6 Å². The van der Waals surface area contributed by atoms with Crippen LogP contribution in [0.5, 0.6) is 0 Å². The van der Waals surface area contributed by atoms with Gasteiger partial charge in [0, 0.05) is 43.7 Å². The number of carbonyl (C=O) groups excluding carboxylic acids is 1. The van der Waals surface area contributed by atoms with Gasteiger partial charge >= 0.3 is 5.97 Å². The molecule has 8 heteroatoms. The zero-order valence-electron chi connectivity index (χ0n) is 16.6. The zero-order chi connectivity index (χ0) is 20.4. The lowest BCUT2D eigenvalue weighted by Crippen LogP contribution is -2.12. The first-order chi connectivity index (χ1) is 14.0. The van der Waals surface area contributed by atoms with E-state index < -0.39 is 5.97 Å². The van der Waals surface area contributed by atoms with Crippen LogP contribution in [0.25, 0.3) is 17.0 Å². The maximum Gasteiger partial charge on any atom is 0.357 e. The first kappa shape index (κ1) is 18.7. The minimum atomic E-state index is -0.450. The fourth-order valence-electron chi connectivity index (χ4n) is 3.18. The Kier molecular flexibility index (Phi) is 4.99. The molecule has 0 radical (unpaired) electrons. The maximum atomic E-state index is 12.2. The Morgan fingerprint density at radius 3 is 2.86 bits per heavy atom. The second kappa shape index (κ2) is 7.75. The van der Waals surface area contributed by atoms with E-state index in [-0.39, 0.29) is 5.69 Å². The van der Waals surface area contributed by atoms with Gasteiger partial charge in [-0.25, -0.2) is 14.8 Å². The van der Waals surface area contributed by atoms with Gasteiger partial charge in [0.1, 0.15) is 11.6 Å². The molecule has 0 atom stereocenters. The molecule has 4 rings (SSSR count). The summed E-state index contributed by atoms with van der Waals surface area (Å²) < 4.78 is 8.78. The number of esters is 1. The number of anilines is 1. The van der Waals surface area contributed by atoms with Crippen molar-refractivity contribution in [1.29, 1.82) is 0 Å². The van der Waals surface area contributed by atoms with Crippen LogP contribution in [0.1, 0.15) is 28.7 Å². The highest BCUT2D eigenvalue weighted by atomic mass is 16.5. The molecule has 8 nitrogen and oxygen atoms in total. The minimum Gasteiger partial charge on any atom is -0.461 e. The van der Waals surface area contributed by atoms with Gasteiger partial charge in [-0.3, -0.25) is 0 Å². The monoisotopic (exact) mass is 390 g/mol. The van der Waals surface area contributed by atoms with E-state index in [2.05, 4.69) is 26.4 Å². The van der Waals surface area contributed by atoms with Gasteiger partial charge in [0.2, 0.25) is 0 Å². The molecule has 1 N–H and O–H groups in total. The lowest BCUT2D eigenvalue weighted by atomic mass is 10.1. The fourth-order valence-corrected chi connectivity index (χ4v) is 3.18. The molecule has 0 saturated heterocycles. The summed E-state index contributed by atoms with van der Waals surface area (Å²) in [6, 6.07) is 11.7. The molecule has 0 spiro atoms. The van der Waals surface area contributed by atoms with E-state index in [1.165, 1.54) is 0 Å². The van der Waals surface area contributed by atoms with Crippen molar-refractivity contribution in [2.45, 2.75) is 20.4 Å². The molecule has 3 aromatic heterocycles. The quantitative estimate of drug-likeness (QED) is 0.509. The van der Waals surface area contributed by atoms with Crippen LogP contribution in [0, 0.1) is 6.92 Å². The number of hydrogen-bond acceptors (Lipinski definition) is 6. The van der Waals surface area contributed by atoms with Crippen LogP contribution in [0.3, 0.4) is 0 Å². The normalized spacial score (nSPS) is 11.0. The van der Waals surface area contributed by atoms with Gasteiger partial charge in [-0.1, -0.05) is 18.2 Å². The van der Waals surface area contributed by atoms with Crippen LogP contribution in [0.2, 0.25) is 0 Å². The Balaban J connectivity index is 1.63. The molecule has 0 aliphatic carbocycles. The van der Waals surface area contributed by atoms with Crippen molar-refractivity contribution in [3.8, 4) is 11.4 Å². The molecule has 0 fully saturated rings. The number of aryl methyl sites for hydroxylation is 2. The van der Waals surface area contributed by atoms with Gasteiger partial charge < -0.3 is 14.6 Å². The summed E-state index contributed by atoms with van der Waals surface area (Å²) >= 11 is 0. The predicted molar refractivity (Wildman–Crippen MR) is 110 cm³/mol. The molecular weight excluding hydrogens is 368 g/mol. The number of fused-ring (bicyclic) bond motifs is 1. The first-order valence-corrected chi connectivity index (χ1v) is 9.40. The third kappa shape index (κ3) is 3.82. The Morgan fingerprint density at radius 1 is 1.24 bits per heavy atom. The molecule has 29 heavy (non-hydrogen) atoms. The highest BCUT2D eigenvalue weighted by Gasteiger charge is 2.14. The SMILES string of the molecule is CCOC(=O)c1cc(NCc2cccc(-c3nccn3C)c2)n2nc(C)cc2n1. The number of nitrogens with one attached hydrogen (secondary N) is 1. The standard InChI is InChI=1S/C21H22N6O2/c1-4-29-21(28)17-12-18(27-19(24-17)10-14(2)25-27)23-13-15-6-5-7-16(11-15)20-22-8-9-26(20)3/h5-12,23H,4,13H2,1-3H3. The molecule has 148 valence electrons. The summed E-state index contributed by atoms with van der Waals surface area (Å²) in [7, 11) is 1.97. The van der Waals surface area contributed by atoms with Crippen LogP contribution in [-0.4, -0.2) is 36.7 Å². The topological polar surface area (TPSA) is 86.3 Å². The summed E-state index contributed by atoms with van der Waals surface area (Å²) in [5.74, 6) is 1.13. The van der Waals surface area contributed by atoms with Gasteiger partial charge in [0.25, 0.3) is 0 Å². The third-order valence-electron chi connectivity index (χ3n) is 4.51. The van der Waals surface area contributed by atoms with Gasteiger partial charge in [-0.15, -0.1) is 0 Å². The highest BCUT2D eigenvalue weighted by molar-refractivity contribution is 5.88. The van der Waals surface area contributed by atoms with Gasteiger partial charge in [0.05, 0.1) is 12.3 Å². The van der Waals surface area contributed by atoms with Crippen LogP contribution in [-0.2, 0) is 18.3 Å². The maximum absolute atomic E-state index is 12.2. The summed E-state index contributed by atoms with van der Waals surface area (Å²) in [6.45, 7) is 4.51. The average molecular weight is 390 g/mol. The number of nitrogens with zero attached hydrogens (tertiary/aromatic N) is 5. The molecule has 0 amide bonds. The molecule has 0 aliphatic heterocycles. The van der Waals surface area contributed by atoms with E-state index in [1.807, 2.05) is 49.0 Å². The molecule has 0 saturated carbocycles. The second-order valence-electron chi connectivity index (χ2n) is 6.72. The summed E-state index contributed by atoms with van der Waals surface area (Å²) in [5.41, 5.74) is 3.79. The summed E-state index contributed by atoms with van der Waals surface area (Å²) in [4.78, 5) is 20.9. The van der Waals surface area contributed by atoms with Crippen LogP contribution in [0.15, 0.2) is 48.8 Å². The zero-order valence-corrected chi connectivity index (χ0v) is 16.6. The Labute approximate surface area is 168 Å². The molecule has 3 heterocycles. The van der Waals surface area contributed by atoms with E-state index in [1.54, 1.807) is 23.7 Å². The van der Waals surface area contributed by atoms with Gasteiger partial charge in [-0.05, 0) is 25.5 Å². The van der Waals surface area contributed by atoms with Crippen molar-refractivity contribution < 1.29 is 9.53 Å². The number of rotatable bonds is 6. The highest BCUT2D eigenvalue weighted by Crippen LogP contribution is 2.20. The Hall–Kier alpha value is -3.68. The molecule has 1 aromatic carbocycles. The molecule has 4 aromatic rings. The van der Waals surface area contributed by atoms with Crippen LogP contribution >= 0.6 is 0 Å². The second-order valence-corrected chi connectivity index (χ2v) is 6.72. The predicted octanol–water partition coefficient (Wildman–Crippen LogP) is 3.23. The molecule has 0 bridgehead atoms. The van der Waals surface area contributed by atoms with E-state index >= 15 is 0 Å². The van der Waals surface area contributed by atoms with Crippen LogP contribution < -0.4 is 5.32 Å². The van der Waals surface area contributed by atoms with Gasteiger partial charge in [0.15, 0.2) is 11.3 Å². The van der Waals surface area contributed by atoms with Crippen molar-refractivity contribution in [2.75, 3.05) is 11.9 Å². The average Bonchev–Trinajstić information content (AvgIpc) is 3.31. The number of aromatic nitrogens is 5. The molecule has 0 unspecified atom stereocenters. The van der Waals surface area contributed by atoms with E-state index in [0.717, 1.165) is 22.6 Å². The van der Waals surface area contributed by atoms with Crippen molar-refractivity contribution in [1.82, 2.24) is 24.1 Å². The van der Waals surface area contributed by atoms with Crippen LogP contribution in [0.4, 0.5) is 5.82 Å². The Morgan fingerprint density at radius 2 is 2.10 bits per heavy atom.